The lowest BCUT2D eigenvalue weighted by molar-refractivity contribution is -0.141. The number of hydrogen-bond donors (Lipinski definition) is 2. The summed E-state index contributed by atoms with van der Waals surface area (Å²) in [5.41, 5.74) is -1.86. The Bertz CT molecular complexity index is 2050. The molecule has 8 nitrogen and oxygen atoms in total. The number of nitrogens with zero attached hydrogens (tertiary/aromatic N) is 5. The van der Waals surface area contributed by atoms with E-state index >= 15 is 8.78 Å². The highest BCUT2D eigenvalue weighted by atomic mass is 19.4. The molecular weight excluding hydrogens is 770 g/mol. The maximum absolute atomic E-state index is 15.8. The number of halogens is 8. The number of benzene rings is 2. The number of aromatic nitrogens is 2. The molecule has 0 amide bonds. The molecule has 1 aromatic heterocycles. The number of hydrogen-bond acceptors (Lipinski definition) is 8. The summed E-state index contributed by atoms with van der Waals surface area (Å²) in [5, 5.41) is 18.8. The SMILES string of the molecule is C=C(Nc1ccc(C(F)(F)F)cc1-c1cc(C(F)(F)F)ncn1)C1=C(C)C2(CCCC2)N(C)N(Cc2ccc(OCCCCCNCC(C)CC#N)c(F)c2F)C1=C. The van der Waals surface area contributed by atoms with E-state index in [1.807, 2.05) is 25.9 Å². The van der Waals surface area contributed by atoms with Crippen LogP contribution in [0.15, 0.2) is 78.4 Å². The number of nitrogens with one attached hydrogen (secondary N) is 2. The largest absolute Gasteiger partial charge is 0.490 e. The number of likely N-dealkylation sites (N-methyl/N-ethyl adjacent to an activating group) is 1. The van der Waals surface area contributed by atoms with E-state index in [0.717, 1.165) is 56.5 Å². The highest BCUT2D eigenvalue weighted by Crippen LogP contribution is 2.49. The van der Waals surface area contributed by atoms with Crippen molar-refractivity contribution in [2.45, 2.75) is 89.7 Å². The monoisotopic (exact) mass is 817 g/mol. The maximum Gasteiger partial charge on any atom is 0.433 e. The van der Waals surface area contributed by atoms with Crippen molar-refractivity contribution < 1.29 is 39.9 Å². The molecule has 16 heteroatoms. The fraction of sp³-hybridized carbons (Fsp3) is 0.452. The highest BCUT2D eigenvalue weighted by Gasteiger charge is 2.47. The third-order valence-corrected chi connectivity index (χ3v) is 10.9. The van der Waals surface area contributed by atoms with Gasteiger partial charge < -0.3 is 20.4 Å². The molecule has 1 saturated carbocycles. The van der Waals surface area contributed by atoms with Crippen LogP contribution in [0, 0.1) is 28.9 Å². The van der Waals surface area contributed by atoms with E-state index in [2.05, 4.69) is 39.8 Å². The molecule has 1 aliphatic carbocycles. The minimum Gasteiger partial charge on any atom is -0.490 e. The first kappa shape index (κ1) is 44.1. The number of unbranched alkanes of at least 4 members (excludes halogenated alkanes) is 2. The van der Waals surface area contributed by atoms with Gasteiger partial charge >= 0.3 is 12.4 Å². The predicted molar refractivity (Wildman–Crippen MR) is 205 cm³/mol. The lowest BCUT2D eigenvalue weighted by Gasteiger charge is -2.53. The minimum absolute atomic E-state index is 0.00843. The van der Waals surface area contributed by atoms with Crippen molar-refractivity contribution in [1.82, 2.24) is 25.3 Å². The molecule has 1 spiro atoms. The number of alkyl halides is 6. The van der Waals surface area contributed by atoms with Crippen molar-refractivity contribution in [2.75, 3.05) is 32.1 Å². The minimum atomic E-state index is -4.88. The van der Waals surface area contributed by atoms with E-state index in [-0.39, 0.29) is 47.3 Å². The van der Waals surface area contributed by atoms with Crippen LogP contribution in [-0.2, 0) is 18.9 Å². The summed E-state index contributed by atoms with van der Waals surface area (Å²) in [6.45, 7) is 14.0. The summed E-state index contributed by atoms with van der Waals surface area (Å²) in [4.78, 5) is 7.11. The average molecular weight is 818 g/mol. The first-order chi connectivity index (χ1) is 27.4. The summed E-state index contributed by atoms with van der Waals surface area (Å²) in [7, 11) is 1.84. The van der Waals surface area contributed by atoms with E-state index in [0.29, 0.717) is 55.4 Å². The Balaban J connectivity index is 1.36. The highest BCUT2D eigenvalue weighted by molar-refractivity contribution is 5.79. The van der Waals surface area contributed by atoms with E-state index in [9.17, 15) is 26.3 Å². The number of hydrazine groups is 1. The van der Waals surface area contributed by atoms with Crippen LogP contribution in [0.3, 0.4) is 0 Å². The molecule has 2 heterocycles. The van der Waals surface area contributed by atoms with Gasteiger partial charge in [0.15, 0.2) is 11.6 Å². The Labute approximate surface area is 333 Å². The van der Waals surface area contributed by atoms with Crippen molar-refractivity contribution in [3.8, 4) is 23.1 Å². The second kappa shape index (κ2) is 18.3. The maximum atomic E-state index is 15.8. The Morgan fingerprint density at radius 1 is 1.00 bits per heavy atom. The summed E-state index contributed by atoms with van der Waals surface area (Å²) in [6, 6.07) is 8.15. The molecule has 1 fully saturated rings. The average Bonchev–Trinajstić information content (AvgIpc) is 3.67. The summed E-state index contributed by atoms with van der Waals surface area (Å²) in [6.07, 6.45) is -3.15. The van der Waals surface area contributed by atoms with Crippen LogP contribution >= 0.6 is 0 Å². The molecule has 2 aliphatic rings. The number of ether oxygens (including phenoxy) is 1. The van der Waals surface area contributed by atoms with Crippen LogP contribution in [0.25, 0.3) is 11.3 Å². The first-order valence-electron chi connectivity index (χ1n) is 19.1. The van der Waals surface area contributed by atoms with Crippen LogP contribution in [0.1, 0.15) is 82.0 Å². The van der Waals surface area contributed by atoms with Gasteiger partial charge in [-0.25, -0.2) is 19.4 Å². The lowest BCUT2D eigenvalue weighted by Crippen LogP contribution is -2.57. The Kier molecular flexibility index (Phi) is 13.9. The Hall–Kier alpha value is -5.01. The quantitative estimate of drug-likeness (QED) is 0.109. The standard InChI is InChI=1S/C42H47F8N7O/c1-26(15-18-51)23-52-19-9-6-10-20-58-35-14-11-30(38(43)39(35)44)24-57-29(4)37(27(2)40(56(57)5)16-7-8-17-40)28(3)55-33-13-12-31(41(45,46)47)21-32(33)34-22-36(42(48,49)50)54-25-53-34/h11-14,21-22,25-26,52,55H,3-4,6-10,15-17,19-20,23-24H2,1-2,5H3. The van der Waals surface area contributed by atoms with Gasteiger partial charge in [0, 0.05) is 41.6 Å². The second-order valence-electron chi connectivity index (χ2n) is 14.8. The predicted octanol–water partition coefficient (Wildman–Crippen LogP) is 10.6. The van der Waals surface area contributed by atoms with Crippen LogP contribution in [0.2, 0.25) is 0 Å². The topological polar surface area (TPSA) is 89.3 Å². The third kappa shape index (κ3) is 9.81. The number of rotatable bonds is 16. The van der Waals surface area contributed by atoms with Crippen LogP contribution in [0.4, 0.5) is 40.8 Å². The van der Waals surface area contributed by atoms with Crippen molar-refractivity contribution in [3.05, 3.63) is 107 Å². The van der Waals surface area contributed by atoms with Crippen molar-refractivity contribution >= 4 is 5.69 Å². The van der Waals surface area contributed by atoms with E-state index in [1.54, 1.807) is 5.01 Å². The van der Waals surface area contributed by atoms with Gasteiger partial charge in [-0.3, -0.25) is 0 Å². The Morgan fingerprint density at radius 3 is 2.40 bits per heavy atom. The fourth-order valence-electron chi connectivity index (χ4n) is 7.67. The molecule has 0 bridgehead atoms. The molecular formula is C42H47F8N7O. The van der Waals surface area contributed by atoms with Crippen molar-refractivity contribution in [3.63, 3.8) is 0 Å². The molecule has 2 aromatic carbocycles. The van der Waals surface area contributed by atoms with E-state index < -0.39 is 46.5 Å². The zero-order valence-corrected chi connectivity index (χ0v) is 32.7. The van der Waals surface area contributed by atoms with Gasteiger partial charge in [0.1, 0.15) is 12.0 Å². The molecule has 312 valence electrons. The molecule has 58 heavy (non-hydrogen) atoms. The van der Waals surface area contributed by atoms with Crippen LogP contribution in [-0.4, -0.2) is 52.3 Å². The summed E-state index contributed by atoms with van der Waals surface area (Å²) >= 11 is 0. The molecule has 2 N–H and O–H groups in total. The van der Waals surface area contributed by atoms with Gasteiger partial charge in [-0.2, -0.15) is 36.0 Å². The van der Waals surface area contributed by atoms with Gasteiger partial charge in [0.05, 0.1) is 41.7 Å². The molecule has 1 aliphatic heterocycles. The van der Waals surface area contributed by atoms with Gasteiger partial charge in [0.25, 0.3) is 0 Å². The lowest BCUT2D eigenvalue weighted by atomic mass is 9.81. The van der Waals surface area contributed by atoms with Crippen LogP contribution in [0.5, 0.6) is 5.75 Å². The zero-order valence-electron chi connectivity index (χ0n) is 32.7. The molecule has 1 atom stereocenters. The van der Waals surface area contributed by atoms with Crippen molar-refractivity contribution in [1.29, 1.82) is 5.26 Å². The number of nitriles is 1. The Morgan fingerprint density at radius 2 is 1.72 bits per heavy atom. The van der Waals surface area contributed by atoms with Crippen molar-refractivity contribution in [2.24, 2.45) is 5.92 Å². The third-order valence-electron chi connectivity index (χ3n) is 10.9. The number of anilines is 1. The normalized spacial score (nSPS) is 16.5. The molecule has 0 saturated heterocycles. The van der Waals surface area contributed by atoms with Gasteiger partial charge in [-0.05, 0) is 93.9 Å². The van der Waals surface area contributed by atoms with Gasteiger partial charge in [-0.1, -0.05) is 39.0 Å². The summed E-state index contributed by atoms with van der Waals surface area (Å²) < 4.78 is 119. The molecule has 5 rings (SSSR count). The van der Waals surface area contributed by atoms with Crippen LogP contribution < -0.4 is 15.4 Å². The van der Waals surface area contributed by atoms with Gasteiger partial charge in [0.2, 0.25) is 5.82 Å². The van der Waals surface area contributed by atoms with E-state index in [1.165, 1.54) is 12.1 Å². The molecule has 0 radical (unpaired) electrons. The van der Waals surface area contributed by atoms with E-state index in [4.69, 9.17) is 10.00 Å². The van der Waals surface area contributed by atoms with Gasteiger partial charge in [-0.15, -0.1) is 0 Å². The zero-order chi connectivity index (χ0) is 42.4. The fourth-order valence-corrected chi connectivity index (χ4v) is 7.67. The second-order valence-corrected chi connectivity index (χ2v) is 14.8. The molecule has 3 aromatic rings. The summed E-state index contributed by atoms with van der Waals surface area (Å²) in [5.74, 6) is -2.16. The molecule has 1 unspecified atom stereocenters. The first-order valence-corrected chi connectivity index (χ1v) is 19.1. The smallest absolute Gasteiger partial charge is 0.433 e.